The third-order valence-corrected chi connectivity index (χ3v) is 3.25. The molecule has 0 saturated carbocycles. The van der Waals surface area contributed by atoms with E-state index in [1.54, 1.807) is 0 Å². The van der Waals surface area contributed by atoms with Crippen LogP contribution in [0.3, 0.4) is 0 Å². The Labute approximate surface area is 101 Å². The van der Waals surface area contributed by atoms with Gasteiger partial charge in [0.2, 0.25) is 0 Å². The zero-order valence-corrected chi connectivity index (χ0v) is 10.3. The second-order valence-electron chi connectivity index (χ2n) is 4.80. The van der Waals surface area contributed by atoms with Crippen molar-refractivity contribution < 1.29 is 13.2 Å². The fourth-order valence-electron chi connectivity index (χ4n) is 2.18. The molecular weight excluding hydrogens is 229 g/mol. The van der Waals surface area contributed by atoms with E-state index in [9.17, 15) is 13.2 Å². The molecule has 0 radical (unpaired) electrons. The lowest BCUT2D eigenvalue weighted by molar-refractivity contribution is -0.135. The van der Waals surface area contributed by atoms with Gasteiger partial charge in [-0.3, -0.25) is 0 Å². The number of unbranched alkanes of at least 4 members (excludes halogenated alkanes) is 1. The number of hydrogen-bond donors (Lipinski definition) is 2. The molecule has 0 spiro atoms. The third-order valence-electron chi connectivity index (χ3n) is 3.25. The normalized spacial score (nSPS) is 18.5. The van der Waals surface area contributed by atoms with Crippen molar-refractivity contribution in [2.45, 2.75) is 44.7 Å². The van der Waals surface area contributed by atoms with Gasteiger partial charge in [-0.1, -0.05) is 0 Å². The molecule has 1 saturated heterocycles. The summed E-state index contributed by atoms with van der Waals surface area (Å²) in [6.45, 7) is 3.87. The van der Waals surface area contributed by atoms with Gasteiger partial charge >= 0.3 is 6.18 Å². The van der Waals surface area contributed by atoms with Crippen molar-refractivity contribution in [2.24, 2.45) is 5.92 Å². The molecule has 0 amide bonds. The topological polar surface area (TPSA) is 24.1 Å². The Hall–Kier alpha value is -0.290. The molecule has 1 rings (SSSR count). The van der Waals surface area contributed by atoms with Crippen molar-refractivity contribution in [2.75, 3.05) is 26.2 Å². The van der Waals surface area contributed by atoms with Crippen molar-refractivity contribution in [3.05, 3.63) is 0 Å². The van der Waals surface area contributed by atoms with Crippen LogP contribution >= 0.6 is 0 Å². The minimum atomic E-state index is -3.99. The number of rotatable bonds is 7. The Balaban J connectivity index is 1.84. The number of alkyl halides is 3. The minimum absolute atomic E-state index is 0.240. The third kappa shape index (κ3) is 8.44. The van der Waals surface area contributed by atoms with E-state index in [-0.39, 0.29) is 6.42 Å². The Morgan fingerprint density at radius 2 is 1.76 bits per heavy atom. The molecule has 0 unspecified atom stereocenters. The number of halogens is 3. The van der Waals surface area contributed by atoms with Gasteiger partial charge in [-0.15, -0.1) is 0 Å². The van der Waals surface area contributed by atoms with Gasteiger partial charge in [0, 0.05) is 6.42 Å². The quantitative estimate of drug-likeness (QED) is 0.681. The van der Waals surface area contributed by atoms with Gasteiger partial charge in [-0.25, -0.2) is 0 Å². The molecule has 5 heteroatoms. The number of hydrogen-bond acceptors (Lipinski definition) is 2. The molecule has 0 aromatic heterocycles. The highest BCUT2D eigenvalue weighted by Gasteiger charge is 2.25. The molecule has 1 heterocycles. The average Bonchev–Trinajstić information content (AvgIpc) is 2.28. The van der Waals surface area contributed by atoms with Crippen LogP contribution in [-0.2, 0) is 0 Å². The maximum Gasteiger partial charge on any atom is 0.389 e. The predicted octanol–water partition coefficient (Wildman–Crippen LogP) is 2.70. The molecule has 1 aliphatic heterocycles. The van der Waals surface area contributed by atoms with E-state index in [4.69, 9.17) is 0 Å². The highest BCUT2D eigenvalue weighted by Crippen LogP contribution is 2.21. The number of piperidine rings is 1. The smallest absolute Gasteiger partial charge is 0.317 e. The van der Waals surface area contributed by atoms with Crippen molar-refractivity contribution in [1.82, 2.24) is 10.6 Å². The van der Waals surface area contributed by atoms with Crippen molar-refractivity contribution in [1.29, 1.82) is 0 Å². The van der Waals surface area contributed by atoms with Crippen LogP contribution in [0.15, 0.2) is 0 Å². The van der Waals surface area contributed by atoms with Crippen LogP contribution < -0.4 is 10.6 Å². The predicted molar refractivity (Wildman–Crippen MR) is 63.0 cm³/mol. The van der Waals surface area contributed by atoms with Crippen LogP contribution in [0, 0.1) is 5.92 Å². The van der Waals surface area contributed by atoms with E-state index in [2.05, 4.69) is 10.6 Å². The summed E-state index contributed by atoms with van der Waals surface area (Å²) in [5, 5.41) is 6.55. The maximum absolute atomic E-state index is 11.8. The standard InChI is InChI=1S/C12H23F3N2/c13-12(14,15)6-1-2-7-16-8-3-11-4-9-17-10-5-11/h11,16-17H,1-10H2. The molecule has 2 nitrogen and oxygen atoms in total. The SMILES string of the molecule is FC(F)(F)CCCCNCCC1CCNCC1. The molecule has 1 aliphatic rings. The zero-order valence-electron chi connectivity index (χ0n) is 10.3. The average molecular weight is 252 g/mol. The van der Waals surface area contributed by atoms with Crippen LogP contribution in [-0.4, -0.2) is 32.4 Å². The molecule has 0 aromatic rings. The first-order valence-electron chi connectivity index (χ1n) is 6.56. The molecule has 17 heavy (non-hydrogen) atoms. The van der Waals surface area contributed by atoms with Gasteiger partial charge < -0.3 is 10.6 Å². The van der Waals surface area contributed by atoms with Gasteiger partial charge in [0.25, 0.3) is 0 Å². The largest absolute Gasteiger partial charge is 0.389 e. The lowest BCUT2D eigenvalue weighted by Gasteiger charge is -2.22. The Morgan fingerprint density at radius 1 is 1.06 bits per heavy atom. The van der Waals surface area contributed by atoms with Gasteiger partial charge in [0.1, 0.15) is 0 Å². The summed E-state index contributed by atoms with van der Waals surface area (Å²) in [5.74, 6) is 0.791. The summed E-state index contributed by atoms with van der Waals surface area (Å²) in [6.07, 6.45) is -0.167. The fraction of sp³-hybridized carbons (Fsp3) is 1.00. The van der Waals surface area contributed by atoms with E-state index in [0.29, 0.717) is 13.0 Å². The summed E-state index contributed by atoms with van der Waals surface area (Å²) < 4.78 is 35.5. The van der Waals surface area contributed by atoms with E-state index in [1.165, 1.54) is 12.8 Å². The van der Waals surface area contributed by atoms with E-state index >= 15 is 0 Å². The first-order valence-corrected chi connectivity index (χ1v) is 6.56. The molecule has 0 aliphatic carbocycles. The fourth-order valence-corrected chi connectivity index (χ4v) is 2.18. The second-order valence-corrected chi connectivity index (χ2v) is 4.80. The first-order chi connectivity index (χ1) is 8.08. The monoisotopic (exact) mass is 252 g/mol. The Morgan fingerprint density at radius 3 is 2.41 bits per heavy atom. The van der Waals surface area contributed by atoms with Crippen LogP contribution in [0.4, 0.5) is 13.2 Å². The van der Waals surface area contributed by atoms with E-state index in [0.717, 1.165) is 32.0 Å². The molecule has 0 aromatic carbocycles. The van der Waals surface area contributed by atoms with Crippen molar-refractivity contribution >= 4 is 0 Å². The molecular formula is C12H23F3N2. The minimum Gasteiger partial charge on any atom is -0.317 e. The van der Waals surface area contributed by atoms with Crippen LogP contribution in [0.2, 0.25) is 0 Å². The Kier molecular flexibility index (Phi) is 6.89. The number of nitrogens with one attached hydrogen (secondary N) is 2. The van der Waals surface area contributed by atoms with Gasteiger partial charge in [0.05, 0.1) is 0 Å². The Bertz CT molecular complexity index is 189. The van der Waals surface area contributed by atoms with Gasteiger partial charge in [-0.2, -0.15) is 13.2 Å². The summed E-state index contributed by atoms with van der Waals surface area (Å²) >= 11 is 0. The van der Waals surface area contributed by atoms with Crippen LogP contribution in [0.25, 0.3) is 0 Å². The molecule has 1 fully saturated rings. The molecule has 0 bridgehead atoms. The maximum atomic E-state index is 11.8. The van der Waals surface area contributed by atoms with Crippen molar-refractivity contribution in [3.63, 3.8) is 0 Å². The zero-order chi connectivity index (χ0) is 12.6. The molecule has 102 valence electrons. The van der Waals surface area contributed by atoms with E-state index < -0.39 is 12.6 Å². The summed E-state index contributed by atoms with van der Waals surface area (Å²) in [5.41, 5.74) is 0. The lowest BCUT2D eigenvalue weighted by atomic mass is 9.95. The highest BCUT2D eigenvalue weighted by molar-refractivity contribution is 4.69. The lowest BCUT2D eigenvalue weighted by Crippen LogP contribution is -2.29. The van der Waals surface area contributed by atoms with Crippen LogP contribution in [0.1, 0.15) is 38.5 Å². The summed E-state index contributed by atoms with van der Waals surface area (Å²) in [7, 11) is 0. The second kappa shape index (κ2) is 7.93. The first kappa shape index (κ1) is 14.8. The van der Waals surface area contributed by atoms with Crippen LogP contribution in [0.5, 0.6) is 0 Å². The van der Waals surface area contributed by atoms with E-state index in [1.807, 2.05) is 0 Å². The van der Waals surface area contributed by atoms with Crippen molar-refractivity contribution in [3.8, 4) is 0 Å². The highest BCUT2D eigenvalue weighted by atomic mass is 19.4. The summed E-state index contributed by atoms with van der Waals surface area (Å²) in [6, 6.07) is 0. The van der Waals surface area contributed by atoms with Gasteiger partial charge in [0.15, 0.2) is 0 Å². The molecule has 0 atom stereocenters. The summed E-state index contributed by atoms with van der Waals surface area (Å²) in [4.78, 5) is 0. The molecule has 2 N–H and O–H groups in total. The van der Waals surface area contributed by atoms with Gasteiger partial charge in [-0.05, 0) is 64.2 Å².